The minimum Gasteiger partial charge on any atom is -0.481 e. The number of carboxylic acids is 1. The summed E-state index contributed by atoms with van der Waals surface area (Å²) < 4.78 is 0. The summed E-state index contributed by atoms with van der Waals surface area (Å²) in [7, 11) is 0. The minimum atomic E-state index is -0.700. The fraction of sp³-hybridized carbons (Fsp3) is 0.909. The van der Waals surface area contributed by atoms with Gasteiger partial charge in [-0.1, -0.05) is 26.7 Å². The number of aliphatic carboxylic acids is 1. The van der Waals surface area contributed by atoms with Crippen molar-refractivity contribution in [1.82, 2.24) is 5.32 Å². The number of hydrogen-bond donors (Lipinski definition) is 2. The molecular formula is C11H21NO2. The molecule has 3 heteroatoms. The Hall–Kier alpha value is -0.570. The molecule has 3 nitrogen and oxygen atoms in total. The molecule has 0 bridgehead atoms. The Labute approximate surface area is 85.9 Å². The lowest BCUT2D eigenvalue weighted by atomic mass is 9.99. The van der Waals surface area contributed by atoms with Crippen molar-refractivity contribution < 1.29 is 9.90 Å². The summed E-state index contributed by atoms with van der Waals surface area (Å²) in [5, 5.41) is 12.2. The van der Waals surface area contributed by atoms with Crippen molar-refractivity contribution in [3.8, 4) is 0 Å². The molecule has 1 unspecified atom stereocenters. The molecule has 1 aliphatic rings. The zero-order chi connectivity index (χ0) is 10.6. The lowest BCUT2D eigenvalue weighted by molar-refractivity contribution is -0.137. The summed E-state index contributed by atoms with van der Waals surface area (Å²) in [5.41, 5.74) is 0. The number of carbonyl (C=O) groups is 1. The maximum Gasteiger partial charge on any atom is 0.304 e. The summed E-state index contributed by atoms with van der Waals surface area (Å²) in [6.07, 6.45) is 5.24. The smallest absolute Gasteiger partial charge is 0.304 e. The van der Waals surface area contributed by atoms with Crippen LogP contribution < -0.4 is 5.32 Å². The summed E-state index contributed by atoms with van der Waals surface area (Å²) in [6.45, 7) is 4.16. The van der Waals surface area contributed by atoms with Crippen molar-refractivity contribution in [2.45, 2.75) is 58.0 Å². The zero-order valence-corrected chi connectivity index (χ0v) is 9.12. The van der Waals surface area contributed by atoms with Crippen LogP contribution in [0.1, 0.15) is 46.0 Å². The SMILES string of the molecule is CC(C)C(CC(=O)O)NC1CCCC1. The van der Waals surface area contributed by atoms with E-state index in [0.29, 0.717) is 12.0 Å². The molecule has 0 spiro atoms. The number of carboxylic acid groups (broad SMARTS) is 1. The predicted octanol–water partition coefficient (Wildman–Crippen LogP) is 2.02. The van der Waals surface area contributed by atoms with Gasteiger partial charge in [-0.25, -0.2) is 0 Å². The lowest BCUT2D eigenvalue weighted by Crippen LogP contribution is -2.41. The Morgan fingerprint density at radius 2 is 2.00 bits per heavy atom. The third-order valence-corrected chi connectivity index (χ3v) is 3.00. The van der Waals surface area contributed by atoms with Crippen LogP contribution in [0.25, 0.3) is 0 Å². The van der Waals surface area contributed by atoms with E-state index in [-0.39, 0.29) is 12.5 Å². The second-order valence-electron chi connectivity index (χ2n) is 4.60. The predicted molar refractivity (Wildman–Crippen MR) is 56.3 cm³/mol. The van der Waals surface area contributed by atoms with Crippen LogP contribution in [0.3, 0.4) is 0 Å². The van der Waals surface area contributed by atoms with Crippen LogP contribution in [0.2, 0.25) is 0 Å². The van der Waals surface area contributed by atoms with E-state index < -0.39 is 5.97 Å². The van der Waals surface area contributed by atoms with Gasteiger partial charge in [-0.3, -0.25) is 4.79 Å². The fourth-order valence-electron chi connectivity index (χ4n) is 2.07. The first kappa shape index (κ1) is 11.5. The molecule has 0 heterocycles. The summed E-state index contributed by atoms with van der Waals surface area (Å²) in [5.74, 6) is -0.305. The van der Waals surface area contributed by atoms with Gasteiger partial charge < -0.3 is 10.4 Å². The molecule has 0 aromatic carbocycles. The highest BCUT2D eigenvalue weighted by atomic mass is 16.4. The van der Waals surface area contributed by atoms with E-state index in [1.54, 1.807) is 0 Å². The molecule has 1 fully saturated rings. The van der Waals surface area contributed by atoms with Crippen molar-refractivity contribution in [1.29, 1.82) is 0 Å². The van der Waals surface area contributed by atoms with Gasteiger partial charge in [-0.05, 0) is 18.8 Å². The molecule has 14 heavy (non-hydrogen) atoms. The Morgan fingerprint density at radius 3 is 2.43 bits per heavy atom. The fourth-order valence-corrected chi connectivity index (χ4v) is 2.07. The normalized spacial score (nSPS) is 20.2. The molecule has 1 saturated carbocycles. The van der Waals surface area contributed by atoms with E-state index in [2.05, 4.69) is 19.2 Å². The first-order valence-electron chi connectivity index (χ1n) is 5.57. The topological polar surface area (TPSA) is 49.3 Å². The average Bonchev–Trinajstić information content (AvgIpc) is 2.54. The van der Waals surface area contributed by atoms with Gasteiger partial charge in [0.25, 0.3) is 0 Å². The highest BCUT2D eigenvalue weighted by Crippen LogP contribution is 2.20. The highest BCUT2D eigenvalue weighted by Gasteiger charge is 2.22. The molecule has 1 rings (SSSR count). The van der Waals surface area contributed by atoms with E-state index in [1.807, 2.05) is 0 Å². The molecule has 1 aliphatic carbocycles. The molecule has 0 amide bonds. The van der Waals surface area contributed by atoms with E-state index in [4.69, 9.17) is 5.11 Å². The molecule has 82 valence electrons. The van der Waals surface area contributed by atoms with Crippen LogP contribution in [-0.2, 0) is 4.79 Å². The average molecular weight is 199 g/mol. The maximum absolute atomic E-state index is 10.6. The van der Waals surface area contributed by atoms with E-state index in [9.17, 15) is 4.79 Å². The van der Waals surface area contributed by atoms with Gasteiger partial charge in [0.2, 0.25) is 0 Å². The standard InChI is InChI=1S/C11H21NO2/c1-8(2)10(7-11(13)14)12-9-5-3-4-6-9/h8-10,12H,3-7H2,1-2H3,(H,13,14). The third-order valence-electron chi connectivity index (χ3n) is 3.00. The van der Waals surface area contributed by atoms with Crippen molar-refractivity contribution in [2.24, 2.45) is 5.92 Å². The summed E-state index contributed by atoms with van der Waals surface area (Å²) >= 11 is 0. The maximum atomic E-state index is 10.6. The van der Waals surface area contributed by atoms with Gasteiger partial charge >= 0.3 is 5.97 Å². The Balaban J connectivity index is 2.37. The van der Waals surface area contributed by atoms with E-state index in [0.717, 1.165) is 0 Å². The molecular weight excluding hydrogens is 178 g/mol. The quantitative estimate of drug-likeness (QED) is 0.712. The van der Waals surface area contributed by atoms with Crippen LogP contribution in [0, 0.1) is 5.92 Å². The zero-order valence-electron chi connectivity index (χ0n) is 9.12. The van der Waals surface area contributed by atoms with Crippen molar-refractivity contribution in [2.75, 3.05) is 0 Å². The Morgan fingerprint density at radius 1 is 1.43 bits per heavy atom. The third kappa shape index (κ3) is 3.66. The molecule has 0 aliphatic heterocycles. The van der Waals surface area contributed by atoms with Crippen LogP contribution >= 0.6 is 0 Å². The number of hydrogen-bond acceptors (Lipinski definition) is 2. The van der Waals surface area contributed by atoms with Crippen LogP contribution in [0.15, 0.2) is 0 Å². The van der Waals surface area contributed by atoms with E-state index >= 15 is 0 Å². The van der Waals surface area contributed by atoms with Gasteiger partial charge in [-0.15, -0.1) is 0 Å². The van der Waals surface area contributed by atoms with Gasteiger partial charge in [0.1, 0.15) is 0 Å². The molecule has 0 aromatic rings. The van der Waals surface area contributed by atoms with Crippen molar-refractivity contribution in [3.63, 3.8) is 0 Å². The first-order valence-corrected chi connectivity index (χ1v) is 5.57. The molecule has 0 aromatic heterocycles. The van der Waals surface area contributed by atoms with Crippen molar-refractivity contribution in [3.05, 3.63) is 0 Å². The van der Waals surface area contributed by atoms with Gasteiger partial charge in [-0.2, -0.15) is 0 Å². The van der Waals surface area contributed by atoms with Gasteiger partial charge in [0.05, 0.1) is 6.42 Å². The second-order valence-corrected chi connectivity index (χ2v) is 4.60. The second kappa shape index (κ2) is 5.35. The largest absolute Gasteiger partial charge is 0.481 e. The summed E-state index contributed by atoms with van der Waals surface area (Å²) in [6, 6.07) is 0.692. The molecule has 0 radical (unpaired) electrons. The minimum absolute atomic E-state index is 0.135. The van der Waals surface area contributed by atoms with Crippen molar-refractivity contribution >= 4 is 5.97 Å². The van der Waals surface area contributed by atoms with Crippen LogP contribution in [-0.4, -0.2) is 23.2 Å². The monoisotopic (exact) mass is 199 g/mol. The molecule has 2 N–H and O–H groups in total. The first-order chi connectivity index (χ1) is 6.59. The highest BCUT2D eigenvalue weighted by molar-refractivity contribution is 5.67. The van der Waals surface area contributed by atoms with Gasteiger partial charge in [0.15, 0.2) is 0 Å². The number of rotatable bonds is 5. The van der Waals surface area contributed by atoms with Gasteiger partial charge in [0, 0.05) is 12.1 Å². The van der Waals surface area contributed by atoms with Crippen LogP contribution in [0.4, 0.5) is 0 Å². The van der Waals surface area contributed by atoms with E-state index in [1.165, 1.54) is 25.7 Å². The Bertz CT molecular complexity index is 186. The lowest BCUT2D eigenvalue weighted by Gasteiger charge is -2.24. The molecule has 0 saturated heterocycles. The molecule has 1 atom stereocenters. The Kier molecular flexibility index (Phi) is 4.39. The summed E-state index contributed by atoms with van der Waals surface area (Å²) in [4.78, 5) is 10.6. The van der Waals surface area contributed by atoms with Crippen LogP contribution in [0.5, 0.6) is 0 Å². The number of nitrogens with one attached hydrogen (secondary N) is 1.